The number of hydrogen-bond acceptors (Lipinski definition) is 8. The molecule has 12 heteroatoms. The molecule has 0 saturated heterocycles. The molecule has 0 unspecified atom stereocenters. The van der Waals surface area contributed by atoms with Crippen LogP contribution in [0.3, 0.4) is 0 Å². The van der Waals surface area contributed by atoms with Crippen molar-refractivity contribution in [2.45, 2.75) is 38.0 Å². The number of rotatable bonds is 15. The Morgan fingerprint density at radius 3 is 2.00 bits per heavy atom. The summed E-state index contributed by atoms with van der Waals surface area (Å²) in [5, 5.41) is 7.70. The predicted octanol–water partition coefficient (Wildman–Crippen LogP) is 1.47. The quantitative estimate of drug-likeness (QED) is 0.107. The van der Waals surface area contributed by atoms with Crippen molar-refractivity contribution in [3.8, 4) is 0 Å². The maximum atomic E-state index is 12.2. The third-order valence-corrected chi connectivity index (χ3v) is 6.88. The second kappa shape index (κ2) is 15.0. The summed E-state index contributed by atoms with van der Waals surface area (Å²) in [4.78, 5) is 46.5. The van der Waals surface area contributed by atoms with E-state index in [0.717, 1.165) is 24.6 Å². The van der Waals surface area contributed by atoms with E-state index in [9.17, 15) is 19.2 Å². The fourth-order valence-corrected chi connectivity index (χ4v) is 3.41. The average molecular weight is 474 g/mol. The molecule has 0 aromatic carbocycles. The molecular weight excluding hydrogens is 438 g/mol. The highest BCUT2D eigenvalue weighted by atomic mass is 28.4. The molecule has 0 aromatic rings. The molecule has 0 saturated carbocycles. The lowest BCUT2D eigenvalue weighted by Crippen LogP contribution is -2.56. The number of amides is 3. The SMILES string of the molecule is C=CC(=O)OCC(C)(COC(=O)C=C)NC(=O)NCCOC(=O)NCCC[Si](C)(C)OC. The van der Waals surface area contributed by atoms with E-state index in [-0.39, 0.29) is 26.4 Å². The molecule has 32 heavy (non-hydrogen) atoms. The molecule has 3 N–H and O–H groups in total. The summed E-state index contributed by atoms with van der Waals surface area (Å²) in [7, 11) is 0.0420. The lowest BCUT2D eigenvalue weighted by Gasteiger charge is -2.29. The highest BCUT2D eigenvalue weighted by Crippen LogP contribution is 2.11. The van der Waals surface area contributed by atoms with Gasteiger partial charge in [-0.1, -0.05) is 13.2 Å². The number of carbonyl (C=O) groups excluding carboxylic acids is 4. The number of alkyl carbamates (subject to hydrolysis) is 1. The van der Waals surface area contributed by atoms with Crippen LogP contribution in [-0.2, 0) is 28.2 Å². The van der Waals surface area contributed by atoms with Crippen molar-refractivity contribution in [1.29, 1.82) is 0 Å². The van der Waals surface area contributed by atoms with Gasteiger partial charge in [-0.25, -0.2) is 19.2 Å². The minimum atomic E-state index is -1.65. The van der Waals surface area contributed by atoms with Gasteiger partial charge in [0.15, 0.2) is 8.32 Å². The van der Waals surface area contributed by atoms with Crippen LogP contribution in [0.25, 0.3) is 0 Å². The van der Waals surface area contributed by atoms with E-state index >= 15 is 0 Å². The number of urea groups is 1. The van der Waals surface area contributed by atoms with Gasteiger partial charge < -0.3 is 34.6 Å². The largest absolute Gasteiger partial charge is 0.460 e. The summed E-state index contributed by atoms with van der Waals surface area (Å²) < 4.78 is 20.3. The van der Waals surface area contributed by atoms with Crippen molar-refractivity contribution in [2.24, 2.45) is 0 Å². The fourth-order valence-electron chi connectivity index (χ4n) is 2.18. The summed E-state index contributed by atoms with van der Waals surface area (Å²) in [6, 6.07) is 0.279. The third-order valence-electron chi connectivity index (χ3n) is 4.21. The van der Waals surface area contributed by atoms with Crippen molar-refractivity contribution < 1.29 is 37.8 Å². The Morgan fingerprint density at radius 2 is 1.50 bits per heavy atom. The monoisotopic (exact) mass is 473 g/mol. The number of esters is 2. The van der Waals surface area contributed by atoms with Crippen molar-refractivity contribution in [3.63, 3.8) is 0 Å². The molecule has 3 amide bonds. The van der Waals surface area contributed by atoms with Gasteiger partial charge >= 0.3 is 24.1 Å². The van der Waals surface area contributed by atoms with Gasteiger partial charge in [0, 0.05) is 25.8 Å². The van der Waals surface area contributed by atoms with Gasteiger partial charge in [0.2, 0.25) is 0 Å². The second-order valence-corrected chi connectivity index (χ2v) is 12.1. The highest BCUT2D eigenvalue weighted by molar-refractivity contribution is 6.71. The first kappa shape index (κ1) is 29.1. The molecule has 0 spiro atoms. The van der Waals surface area contributed by atoms with E-state index < -0.39 is 37.9 Å². The van der Waals surface area contributed by atoms with Gasteiger partial charge in [0.25, 0.3) is 0 Å². The van der Waals surface area contributed by atoms with Crippen LogP contribution in [-0.4, -0.2) is 77.9 Å². The summed E-state index contributed by atoms with van der Waals surface area (Å²) in [5.74, 6) is -1.39. The molecule has 0 aliphatic rings. The van der Waals surface area contributed by atoms with Gasteiger partial charge in [0.05, 0.1) is 6.54 Å². The first-order chi connectivity index (χ1) is 15.0. The van der Waals surface area contributed by atoms with Gasteiger partial charge in [-0.15, -0.1) is 0 Å². The first-order valence-electron chi connectivity index (χ1n) is 10.1. The summed E-state index contributed by atoms with van der Waals surface area (Å²) >= 11 is 0. The van der Waals surface area contributed by atoms with Crippen molar-refractivity contribution in [3.05, 3.63) is 25.3 Å². The topological polar surface area (TPSA) is 141 Å². The normalized spacial score (nSPS) is 11.0. The van der Waals surface area contributed by atoms with Crippen LogP contribution < -0.4 is 16.0 Å². The molecular formula is C20H35N3O8Si. The summed E-state index contributed by atoms with van der Waals surface area (Å²) in [5.41, 5.74) is -1.21. The van der Waals surface area contributed by atoms with Gasteiger partial charge in [-0.05, 0) is 32.5 Å². The number of hydrogen-bond donors (Lipinski definition) is 3. The molecule has 0 radical (unpaired) electrons. The Morgan fingerprint density at radius 1 is 0.938 bits per heavy atom. The minimum Gasteiger partial charge on any atom is -0.460 e. The van der Waals surface area contributed by atoms with Crippen LogP contribution in [0.2, 0.25) is 19.1 Å². The van der Waals surface area contributed by atoms with E-state index in [1.807, 2.05) is 0 Å². The molecule has 0 aliphatic heterocycles. The zero-order chi connectivity index (χ0) is 24.6. The Labute approximate surface area is 190 Å². The Hall–Kier alpha value is -2.86. The highest BCUT2D eigenvalue weighted by Gasteiger charge is 2.30. The molecule has 182 valence electrons. The molecule has 0 bridgehead atoms. The molecule has 0 aromatic heterocycles. The zero-order valence-corrected chi connectivity index (χ0v) is 20.3. The molecule has 0 atom stereocenters. The van der Waals surface area contributed by atoms with Gasteiger partial charge in [-0.2, -0.15) is 0 Å². The number of nitrogens with one attached hydrogen (secondary N) is 3. The van der Waals surface area contributed by atoms with E-state index in [1.165, 1.54) is 6.92 Å². The number of carbonyl (C=O) groups is 4. The lowest BCUT2D eigenvalue weighted by atomic mass is 10.1. The van der Waals surface area contributed by atoms with Crippen LogP contribution >= 0.6 is 0 Å². The van der Waals surface area contributed by atoms with Gasteiger partial charge in [-0.3, -0.25) is 0 Å². The number of ether oxygens (including phenoxy) is 3. The Bertz CT molecular complexity index is 645. The molecule has 0 rings (SSSR count). The van der Waals surface area contributed by atoms with E-state index in [0.29, 0.717) is 6.54 Å². The molecule has 0 heterocycles. The lowest BCUT2D eigenvalue weighted by molar-refractivity contribution is -0.144. The Balaban J connectivity index is 4.33. The van der Waals surface area contributed by atoms with Crippen LogP contribution in [0.15, 0.2) is 25.3 Å². The Kier molecular flexibility index (Phi) is 13.7. The molecule has 0 fully saturated rings. The van der Waals surface area contributed by atoms with E-state index in [4.69, 9.17) is 18.6 Å². The molecule has 11 nitrogen and oxygen atoms in total. The maximum Gasteiger partial charge on any atom is 0.407 e. The van der Waals surface area contributed by atoms with Gasteiger partial charge in [0.1, 0.15) is 25.4 Å². The van der Waals surface area contributed by atoms with Crippen molar-refractivity contribution >= 4 is 32.4 Å². The predicted molar refractivity (Wildman–Crippen MR) is 121 cm³/mol. The minimum absolute atomic E-state index is 0.0395. The van der Waals surface area contributed by atoms with Crippen LogP contribution in [0, 0.1) is 0 Å². The fraction of sp³-hybridized carbons (Fsp3) is 0.600. The van der Waals surface area contributed by atoms with E-state index in [2.05, 4.69) is 42.2 Å². The standard InChI is InChI=1S/C20H35N3O8Si/c1-7-16(24)30-14-20(3,15-31-17(25)8-2)23-18(26)21-11-12-29-19(27)22-10-9-13-32(5,6)28-4/h7-8H,1-2,9-15H2,3-6H3,(H,22,27)(H2,21,23,26). The first-order valence-corrected chi connectivity index (χ1v) is 13.2. The maximum absolute atomic E-state index is 12.2. The summed E-state index contributed by atoms with van der Waals surface area (Å²) in [6.45, 7) is 12.2. The average Bonchev–Trinajstić information content (AvgIpc) is 2.76. The third kappa shape index (κ3) is 14.2. The van der Waals surface area contributed by atoms with Crippen molar-refractivity contribution in [1.82, 2.24) is 16.0 Å². The summed E-state index contributed by atoms with van der Waals surface area (Å²) in [6.07, 6.45) is 2.15. The van der Waals surface area contributed by atoms with Crippen LogP contribution in [0.4, 0.5) is 9.59 Å². The smallest absolute Gasteiger partial charge is 0.407 e. The zero-order valence-electron chi connectivity index (χ0n) is 19.3. The van der Waals surface area contributed by atoms with Crippen molar-refractivity contribution in [2.75, 3.05) is 40.0 Å². The van der Waals surface area contributed by atoms with E-state index in [1.54, 1.807) is 7.11 Å². The molecule has 0 aliphatic carbocycles. The van der Waals surface area contributed by atoms with Crippen LogP contribution in [0.5, 0.6) is 0 Å². The van der Waals surface area contributed by atoms with Crippen LogP contribution in [0.1, 0.15) is 13.3 Å². The second-order valence-electron chi connectivity index (χ2n) is 7.70.